The molecule has 3 nitrogen and oxygen atoms in total. The molecule has 0 aromatic heterocycles. The zero-order valence-electron chi connectivity index (χ0n) is 16.9. The van der Waals surface area contributed by atoms with E-state index in [1.807, 2.05) is 61.5 Å². The van der Waals surface area contributed by atoms with Crippen molar-refractivity contribution in [1.82, 2.24) is 0 Å². The molecule has 0 saturated carbocycles. The van der Waals surface area contributed by atoms with Gasteiger partial charge in [-0.2, -0.15) is 0 Å². The summed E-state index contributed by atoms with van der Waals surface area (Å²) in [5, 5.41) is 1.94. The molecule has 4 heteroatoms. The molecular weight excluding hydrogens is 379 g/mol. The van der Waals surface area contributed by atoms with Crippen LogP contribution in [0.2, 0.25) is 0 Å². The van der Waals surface area contributed by atoms with Gasteiger partial charge in [0.05, 0.1) is 0 Å². The zero-order valence-corrected chi connectivity index (χ0v) is 17.8. The fourth-order valence-corrected chi connectivity index (χ4v) is 10.2. The molecule has 0 fully saturated rings. The third-order valence-corrected chi connectivity index (χ3v) is 11.2. The van der Waals surface area contributed by atoms with Crippen LogP contribution >= 0.6 is 7.06 Å². The van der Waals surface area contributed by atoms with Crippen LogP contribution in [0.4, 0.5) is 0 Å². The number of hydrogen-bond donors (Lipinski definition) is 0. The second-order valence-electron chi connectivity index (χ2n) is 7.30. The summed E-state index contributed by atoms with van der Waals surface area (Å²) in [7, 11) is -2.07. The van der Waals surface area contributed by atoms with Crippen LogP contribution in [-0.2, 0) is 13.8 Å². The molecule has 3 aromatic rings. The molecule has 0 N–H and O–H groups in total. The van der Waals surface area contributed by atoms with E-state index in [0.717, 1.165) is 16.2 Å². The van der Waals surface area contributed by atoms with Gasteiger partial charge in [0.15, 0.2) is 0 Å². The molecule has 1 unspecified atom stereocenters. The van der Waals surface area contributed by atoms with Crippen LogP contribution in [0, 0.1) is 0 Å². The first-order chi connectivity index (χ1) is 14.0. The number of ketones is 1. The van der Waals surface area contributed by atoms with Crippen LogP contribution in [0.15, 0.2) is 102 Å². The molecule has 1 aliphatic rings. The molecule has 29 heavy (non-hydrogen) atoms. The van der Waals surface area contributed by atoms with Crippen LogP contribution in [-0.4, -0.2) is 12.9 Å². The van der Waals surface area contributed by atoms with E-state index in [4.69, 9.17) is 9.05 Å². The molecule has 4 rings (SSSR count). The molecule has 0 saturated heterocycles. The molecular formula is C25H25O3P. The molecule has 1 atom stereocenters. The summed E-state index contributed by atoms with van der Waals surface area (Å²) in [6, 6.07) is 30.3. The topological polar surface area (TPSA) is 35.5 Å². The second kappa shape index (κ2) is 7.26. The Morgan fingerprint density at radius 3 is 1.69 bits per heavy atom. The van der Waals surface area contributed by atoms with Gasteiger partial charge in [-0.25, -0.2) is 0 Å². The van der Waals surface area contributed by atoms with Crippen LogP contribution in [0.25, 0.3) is 0 Å². The van der Waals surface area contributed by atoms with E-state index >= 15 is 0 Å². The van der Waals surface area contributed by atoms with Gasteiger partial charge in [0, 0.05) is 0 Å². The van der Waals surface area contributed by atoms with Crippen molar-refractivity contribution in [1.29, 1.82) is 0 Å². The standard InChI is InChI=1S/C25H25O3P/c1-19(26)24-20(2)28-29(27-3,22-15-9-5-10-16-22,23-17-11-6-12-18-23)25(24)21-13-7-4-8-14-21/h4-18,25H,1-3H3. The van der Waals surface area contributed by atoms with Crippen molar-refractivity contribution in [3.8, 4) is 0 Å². The molecule has 0 aliphatic carbocycles. The molecule has 0 radical (unpaired) electrons. The average molecular weight is 404 g/mol. The Morgan fingerprint density at radius 2 is 1.28 bits per heavy atom. The first-order valence-corrected chi connectivity index (χ1v) is 11.8. The Balaban J connectivity index is 2.17. The number of carbonyl (C=O) groups excluding carboxylic acids is 1. The van der Waals surface area contributed by atoms with Crippen molar-refractivity contribution in [3.63, 3.8) is 0 Å². The fraction of sp³-hybridized carbons (Fsp3) is 0.160. The van der Waals surface area contributed by atoms with E-state index in [0.29, 0.717) is 11.3 Å². The third kappa shape index (κ3) is 2.69. The van der Waals surface area contributed by atoms with Crippen molar-refractivity contribution in [2.24, 2.45) is 0 Å². The number of allylic oxidation sites excluding steroid dienone is 2. The molecule has 0 spiro atoms. The molecule has 148 valence electrons. The zero-order chi connectivity index (χ0) is 20.5. The summed E-state index contributed by atoms with van der Waals surface area (Å²) in [6.07, 6.45) is 0. The van der Waals surface area contributed by atoms with E-state index < -0.39 is 7.06 Å². The van der Waals surface area contributed by atoms with Crippen molar-refractivity contribution in [3.05, 3.63) is 108 Å². The number of rotatable bonds is 5. The van der Waals surface area contributed by atoms with Gasteiger partial charge in [0.1, 0.15) is 0 Å². The minimum absolute atomic E-state index is 0.00626. The van der Waals surface area contributed by atoms with Gasteiger partial charge in [0.25, 0.3) is 0 Å². The van der Waals surface area contributed by atoms with Gasteiger partial charge >= 0.3 is 172 Å². The number of benzene rings is 3. The Hall–Kier alpha value is -2.74. The maximum absolute atomic E-state index is 12.9. The summed E-state index contributed by atoms with van der Waals surface area (Å²) in [6.45, 7) is 3.49. The summed E-state index contributed by atoms with van der Waals surface area (Å²) >= 11 is 0. The van der Waals surface area contributed by atoms with E-state index in [2.05, 4.69) is 36.4 Å². The summed E-state index contributed by atoms with van der Waals surface area (Å²) in [5.41, 5.74) is 1.36. The second-order valence-corrected chi connectivity index (χ2v) is 11.4. The maximum atomic E-state index is 12.9. The van der Waals surface area contributed by atoms with E-state index in [1.165, 1.54) is 0 Å². The van der Waals surface area contributed by atoms with Crippen molar-refractivity contribution in [2.75, 3.05) is 7.11 Å². The SMILES string of the molecule is COP1(c2ccccc2)(c2ccccc2)OC(C)=C(C(C)=O)C1c1ccccc1. The van der Waals surface area contributed by atoms with Crippen LogP contribution in [0.3, 0.4) is 0 Å². The van der Waals surface area contributed by atoms with Crippen LogP contribution in [0.1, 0.15) is 25.1 Å². The molecule has 0 bridgehead atoms. The van der Waals surface area contributed by atoms with E-state index in [1.54, 1.807) is 14.0 Å². The minimum atomic E-state index is -3.78. The van der Waals surface area contributed by atoms with Gasteiger partial charge in [-0.15, -0.1) is 0 Å². The Morgan fingerprint density at radius 1 is 0.828 bits per heavy atom. The van der Waals surface area contributed by atoms with Gasteiger partial charge in [-0.05, 0) is 0 Å². The number of carbonyl (C=O) groups is 1. The Kier molecular flexibility index (Phi) is 4.90. The van der Waals surface area contributed by atoms with Crippen molar-refractivity contribution >= 4 is 23.4 Å². The predicted octanol–water partition coefficient (Wildman–Crippen LogP) is 5.30. The molecule has 0 amide bonds. The quantitative estimate of drug-likeness (QED) is 0.541. The number of Topliss-reactive ketones (excluding diaryl/α,β-unsaturated/α-hetero) is 1. The Bertz CT molecular complexity index is 1020. The van der Waals surface area contributed by atoms with Crippen molar-refractivity contribution < 1.29 is 13.8 Å². The number of hydrogen-bond acceptors (Lipinski definition) is 3. The molecule has 1 heterocycles. The average Bonchev–Trinajstić information content (AvgIpc) is 3.07. The normalized spacial score (nSPS) is 21.1. The fourth-order valence-electron chi connectivity index (χ4n) is 4.64. The van der Waals surface area contributed by atoms with Crippen LogP contribution < -0.4 is 10.6 Å². The van der Waals surface area contributed by atoms with E-state index in [-0.39, 0.29) is 11.4 Å². The Labute approximate surface area is 172 Å². The van der Waals surface area contributed by atoms with Crippen LogP contribution in [0.5, 0.6) is 0 Å². The van der Waals surface area contributed by atoms with Gasteiger partial charge in [0.2, 0.25) is 0 Å². The van der Waals surface area contributed by atoms with Crippen molar-refractivity contribution in [2.45, 2.75) is 19.5 Å². The molecule has 1 aliphatic heterocycles. The first kappa shape index (κ1) is 19.6. The van der Waals surface area contributed by atoms with Gasteiger partial charge < -0.3 is 0 Å². The first-order valence-electron chi connectivity index (χ1n) is 9.70. The summed E-state index contributed by atoms with van der Waals surface area (Å²) < 4.78 is 13.5. The van der Waals surface area contributed by atoms with Gasteiger partial charge in [-0.1, -0.05) is 0 Å². The monoisotopic (exact) mass is 404 g/mol. The van der Waals surface area contributed by atoms with E-state index in [9.17, 15) is 4.79 Å². The summed E-state index contributed by atoms with van der Waals surface area (Å²) in [4.78, 5) is 12.9. The van der Waals surface area contributed by atoms with Gasteiger partial charge in [-0.3, -0.25) is 0 Å². The summed E-state index contributed by atoms with van der Waals surface area (Å²) in [5.74, 6) is 0.644. The molecule has 3 aromatic carbocycles. The predicted molar refractivity (Wildman–Crippen MR) is 120 cm³/mol. The third-order valence-electron chi connectivity index (χ3n) is 5.79.